The molecule has 1 aromatic rings. The zero-order chi connectivity index (χ0) is 9.42. The summed E-state index contributed by atoms with van der Waals surface area (Å²) in [6.07, 6.45) is 4.24. The van der Waals surface area contributed by atoms with Crippen LogP contribution in [0.3, 0.4) is 0 Å². The van der Waals surface area contributed by atoms with Gasteiger partial charge >= 0.3 is 5.97 Å². The number of aromatic nitrogens is 2. The standard InChI is InChI=1S/C8H11N3O2/c1-10-5-6(4-9-10)11-3-2-7(11)8(12)13/h4-5,7H,2-3H2,1H3,(H,12,13). The van der Waals surface area contributed by atoms with Crippen LogP contribution in [0.4, 0.5) is 5.69 Å². The van der Waals surface area contributed by atoms with Crippen molar-refractivity contribution in [3.05, 3.63) is 12.4 Å². The van der Waals surface area contributed by atoms with E-state index in [9.17, 15) is 4.79 Å². The van der Waals surface area contributed by atoms with E-state index in [0.717, 1.165) is 18.7 Å². The first kappa shape index (κ1) is 8.10. The lowest BCUT2D eigenvalue weighted by atomic mass is 10.0. The van der Waals surface area contributed by atoms with Gasteiger partial charge in [0.15, 0.2) is 0 Å². The number of carboxylic acid groups (broad SMARTS) is 1. The SMILES string of the molecule is Cn1cc(N2CCC2C(=O)O)cn1. The maximum Gasteiger partial charge on any atom is 0.326 e. The van der Waals surface area contributed by atoms with Crippen LogP contribution in [-0.4, -0.2) is 33.4 Å². The summed E-state index contributed by atoms with van der Waals surface area (Å²) >= 11 is 0. The molecule has 1 aromatic heterocycles. The third kappa shape index (κ3) is 1.26. The molecular formula is C8H11N3O2. The van der Waals surface area contributed by atoms with Crippen molar-refractivity contribution in [2.75, 3.05) is 11.4 Å². The monoisotopic (exact) mass is 181 g/mol. The van der Waals surface area contributed by atoms with E-state index in [4.69, 9.17) is 5.11 Å². The molecule has 70 valence electrons. The molecule has 0 saturated carbocycles. The summed E-state index contributed by atoms with van der Waals surface area (Å²) in [4.78, 5) is 12.5. The number of carboxylic acids is 1. The van der Waals surface area contributed by atoms with Crippen LogP contribution in [0.25, 0.3) is 0 Å². The van der Waals surface area contributed by atoms with E-state index in [2.05, 4.69) is 5.10 Å². The van der Waals surface area contributed by atoms with Crippen LogP contribution >= 0.6 is 0 Å². The molecule has 2 heterocycles. The normalized spacial score (nSPS) is 21.3. The van der Waals surface area contributed by atoms with Gasteiger partial charge in [-0.05, 0) is 6.42 Å². The summed E-state index contributed by atoms with van der Waals surface area (Å²) in [6, 6.07) is -0.357. The lowest BCUT2D eigenvalue weighted by molar-refractivity contribution is -0.139. The maximum atomic E-state index is 10.7. The van der Waals surface area contributed by atoms with Crippen LogP contribution in [0.15, 0.2) is 12.4 Å². The Kier molecular flexibility index (Phi) is 1.72. The van der Waals surface area contributed by atoms with Gasteiger partial charge in [0, 0.05) is 19.8 Å². The predicted molar refractivity (Wildman–Crippen MR) is 46.6 cm³/mol. The number of aryl methyl sites for hydroxylation is 1. The van der Waals surface area contributed by atoms with Crippen LogP contribution in [0, 0.1) is 0 Å². The van der Waals surface area contributed by atoms with Crippen LogP contribution in [0.2, 0.25) is 0 Å². The molecular weight excluding hydrogens is 170 g/mol. The Bertz CT molecular complexity index is 334. The molecule has 2 rings (SSSR count). The number of hydrogen-bond acceptors (Lipinski definition) is 3. The zero-order valence-corrected chi connectivity index (χ0v) is 7.34. The average molecular weight is 181 g/mol. The van der Waals surface area contributed by atoms with Crippen molar-refractivity contribution < 1.29 is 9.90 Å². The van der Waals surface area contributed by atoms with E-state index >= 15 is 0 Å². The lowest BCUT2D eigenvalue weighted by Crippen LogP contribution is -2.52. The smallest absolute Gasteiger partial charge is 0.326 e. The Morgan fingerprint density at radius 1 is 1.77 bits per heavy atom. The Labute approximate surface area is 75.6 Å². The molecule has 1 saturated heterocycles. The Morgan fingerprint density at radius 3 is 2.92 bits per heavy atom. The number of carbonyl (C=O) groups is 1. The van der Waals surface area contributed by atoms with Gasteiger partial charge in [-0.15, -0.1) is 0 Å². The molecule has 0 radical (unpaired) electrons. The van der Waals surface area contributed by atoms with Crippen molar-refractivity contribution in [3.63, 3.8) is 0 Å². The second-order valence-electron chi connectivity index (χ2n) is 3.21. The van der Waals surface area contributed by atoms with Crippen molar-refractivity contribution in [2.45, 2.75) is 12.5 Å². The molecule has 1 N–H and O–H groups in total. The van der Waals surface area contributed by atoms with Crippen LogP contribution in [0.1, 0.15) is 6.42 Å². The fourth-order valence-corrected chi connectivity index (χ4v) is 1.51. The number of aliphatic carboxylic acids is 1. The van der Waals surface area contributed by atoms with Crippen molar-refractivity contribution in [1.29, 1.82) is 0 Å². The summed E-state index contributed by atoms with van der Waals surface area (Å²) in [5.41, 5.74) is 0.890. The molecule has 5 heteroatoms. The van der Waals surface area contributed by atoms with Gasteiger partial charge in [-0.2, -0.15) is 5.10 Å². The minimum atomic E-state index is -0.755. The zero-order valence-electron chi connectivity index (χ0n) is 7.34. The summed E-state index contributed by atoms with van der Waals surface area (Å²) in [5.74, 6) is -0.755. The van der Waals surface area contributed by atoms with Crippen molar-refractivity contribution in [1.82, 2.24) is 9.78 Å². The van der Waals surface area contributed by atoms with E-state index in [1.807, 2.05) is 18.1 Å². The highest BCUT2D eigenvalue weighted by molar-refractivity contribution is 5.80. The summed E-state index contributed by atoms with van der Waals surface area (Å²) in [7, 11) is 1.82. The summed E-state index contributed by atoms with van der Waals surface area (Å²) < 4.78 is 1.67. The molecule has 0 amide bonds. The molecule has 5 nitrogen and oxygen atoms in total. The minimum absolute atomic E-state index is 0.357. The molecule has 1 fully saturated rings. The first-order valence-corrected chi connectivity index (χ1v) is 4.16. The predicted octanol–water partition coefficient (Wildman–Crippen LogP) is 0.0834. The fourth-order valence-electron chi connectivity index (χ4n) is 1.51. The second-order valence-corrected chi connectivity index (χ2v) is 3.21. The number of hydrogen-bond donors (Lipinski definition) is 1. The largest absolute Gasteiger partial charge is 0.480 e. The lowest BCUT2D eigenvalue weighted by Gasteiger charge is -2.38. The highest BCUT2D eigenvalue weighted by Crippen LogP contribution is 2.25. The molecule has 1 aliphatic heterocycles. The van der Waals surface area contributed by atoms with Gasteiger partial charge in [-0.3, -0.25) is 4.68 Å². The third-order valence-corrected chi connectivity index (χ3v) is 2.33. The van der Waals surface area contributed by atoms with Gasteiger partial charge in [0.1, 0.15) is 6.04 Å². The highest BCUT2D eigenvalue weighted by atomic mass is 16.4. The van der Waals surface area contributed by atoms with Crippen molar-refractivity contribution in [3.8, 4) is 0 Å². The highest BCUT2D eigenvalue weighted by Gasteiger charge is 2.34. The second kappa shape index (κ2) is 2.76. The Balaban J connectivity index is 2.14. The van der Waals surface area contributed by atoms with Gasteiger partial charge in [0.25, 0.3) is 0 Å². The number of rotatable bonds is 2. The first-order valence-electron chi connectivity index (χ1n) is 4.16. The summed E-state index contributed by atoms with van der Waals surface area (Å²) in [6.45, 7) is 0.808. The molecule has 1 aliphatic rings. The van der Waals surface area contributed by atoms with Gasteiger partial charge < -0.3 is 10.0 Å². The van der Waals surface area contributed by atoms with E-state index in [1.54, 1.807) is 10.9 Å². The molecule has 0 aliphatic carbocycles. The topological polar surface area (TPSA) is 58.4 Å². The van der Waals surface area contributed by atoms with Gasteiger partial charge in [-0.25, -0.2) is 4.79 Å². The molecule has 0 spiro atoms. The minimum Gasteiger partial charge on any atom is -0.480 e. The Morgan fingerprint density at radius 2 is 2.54 bits per heavy atom. The van der Waals surface area contributed by atoms with Crippen LogP contribution in [-0.2, 0) is 11.8 Å². The fraction of sp³-hybridized carbons (Fsp3) is 0.500. The van der Waals surface area contributed by atoms with Gasteiger partial charge in [0.05, 0.1) is 11.9 Å². The summed E-state index contributed by atoms with van der Waals surface area (Å²) in [5, 5.41) is 12.8. The molecule has 1 atom stereocenters. The quantitative estimate of drug-likeness (QED) is 0.702. The first-order chi connectivity index (χ1) is 6.18. The third-order valence-electron chi connectivity index (χ3n) is 2.33. The van der Waals surface area contributed by atoms with Gasteiger partial charge in [0.2, 0.25) is 0 Å². The van der Waals surface area contributed by atoms with Crippen LogP contribution in [0.5, 0.6) is 0 Å². The van der Waals surface area contributed by atoms with Crippen molar-refractivity contribution >= 4 is 11.7 Å². The molecule has 0 bridgehead atoms. The van der Waals surface area contributed by atoms with E-state index < -0.39 is 5.97 Å². The van der Waals surface area contributed by atoms with Gasteiger partial charge in [-0.1, -0.05) is 0 Å². The van der Waals surface area contributed by atoms with E-state index in [1.165, 1.54) is 0 Å². The number of anilines is 1. The van der Waals surface area contributed by atoms with E-state index in [-0.39, 0.29) is 6.04 Å². The van der Waals surface area contributed by atoms with E-state index in [0.29, 0.717) is 0 Å². The molecule has 1 unspecified atom stereocenters. The van der Waals surface area contributed by atoms with Crippen LogP contribution < -0.4 is 4.90 Å². The molecule has 13 heavy (non-hydrogen) atoms. The molecule has 0 aromatic carbocycles. The number of nitrogens with zero attached hydrogens (tertiary/aromatic N) is 3. The van der Waals surface area contributed by atoms with Crippen molar-refractivity contribution in [2.24, 2.45) is 7.05 Å². The average Bonchev–Trinajstić information content (AvgIpc) is 2.32. The maximum absolute atomic E-state index is 10.7. The Hall–Kier alpha value is -1.52.